The van der Waals surface area contributed by atoms with Crippen molar-refractivity contribution in [2.75, 3.05) is 0 Å². The van der Waals surface area contributed by atoms with Crippen LogP contribution in [0.5, 0.6) is 5.75 Å². The molecule has 1 unspecified atom stereocenters. The van der Waals surface area contributed by atoms with Crippen LogP contribution in [0, 0.1) is 11.3 Å². The molecule has 0 spiro atoms. The van der Waals surface area contributed by atoms with Gasteiger partial charge in [0.05, 0.1) is 23.7 Å². The van der Waals surface area contributed by atoms with Gasteiger partial charge in [0.2, 0.25) is 0 Å². The van der Waals surface area contributed by atoms with Gasteiger partial charge in [0, 0.05) is 35.8 Å². The normalized spacial score (nSPS) is 15.4. The van der Waals surface area contributed by atoms with Crippen LogP contribution in [0.15, 0.2) is 60.5 Å². The topological polar surface area (TPSA) is 86.1 Å². The van der Waals surface area contributed by atoms with Crippen molar-refractivity contribution in [1.82, 2.24) is 15.3 Å². The number of aromatic nitrogens is 2. The van der Waals surface area contributed by atoms with Crippen LogP contribution < -0.4 is 10.1 Å². The highest BCUT2D eigenvalue weighted by molar-refractivity contribution is 6.02. The monoisotopic (exact) mass is 439 g/mol. The third kappa shape index (κ3) is 5.05. The number of H-pyrrole nitrogens is 1. The van der Waals surface area contributed by atoms with Crippen molar-refractivity contribution in [2.24, 2.45) is 4.99 Å². The summed E-state index contributed by atoms with van der Waals surface area (Å²) < 4.78 is 5.73. The Balaban J connectivity index is 1.54. The molecule has 6 heteroatoms. The number of rotatable bonds is 8. The lowest BCUT2D eigenvalue weighted by Gasteiger charge is -2.15. The second kappa shape index (κ2) is 9.85. The molecule has 0 bridgehead atoms. The molecule has 0 saturated carbocycles. The first-order valence-corrected chi connectivity index (χ1v) is 11.2. The lowest BCUT2D eigenvalue weighted by Crippen LogP contribution is -2.18. The summed E-state index contributed by atoms with van der Waals surface area (Å²) in [5, 5.41) is 13.2. The van der Waals surface area contributed by atoms with Crippen LogP contribution in [0.1, 0.15) is 66.7 Å². The molecule has 0 fully saturated rings. The number of hydrogen-bond donors (Lipinski definition) is 2. The molecule has 0 aliphatic heterocycles. The summed E-state index contributed by atoms with van der Waals surface area (Å²) in [6.45, 7) is 10.9. The Morgan fingerprint density at radius 1 is 1.36 bits per heavy atom. The number of ether oxygens (including phenoxy) is 1. The molecule has 4 rings (SSSR count). The Bertz CT molecular complexity index is 1220. The van der Waals surface area contributed by atoms with E-state index in [-0.39, 0.29) is 6.10 Å². The van der Waals surface area contributed by atoms with Crippen LogP contribution in [0.2, 0.25) is 0 Å². The quantitative estimate of drug-likeness (QED) is 0.465. The first-order valence-electron chi connectivity index (χ1n) is 11.2. The summed E-state index contributed by atoms with van der Waals surface area (Å²) in [4.78, 5) is 12.0. The van der Waals surface area contributed by atoms with E-state index in [1.54, 1.807) is 6.33 Å². The number of imidazole rings is 1. The molecule has 0 saturated heterocycles. The summed E-state index contributed by atoms with van der Waals surface area (Å²) in [7, 11) is 0. The van der Waals surface area contributed by atoms with E-state index in [1.807, 2.05) is 45.2 Å². The molecule has 2 aromatic carbocycles. The number of nitriles is 1. The maximum absolute atomic E-state index is 9.53. The van der Waals surface area contributed by atoms with E-state index in [0.717, 1.165) is 47.6 Å². The van der Waals surface area contributed by atoms with Crippen LogP contribution in [-0.4, -0.2) is 21.8 Å². The average Bonchev–Trinajstić information content (AvgIpc) is 3.47. The third-order valence-corrected chi connectivity index (χ3v) is 5.86. The van der Waals surface area contributed by atoms with Crippen molar-refractivity contribution >= 4 is 11.4 Å². The molecular formula is C27H29N5O. The largest absolute Gasteiger partial charge is 0.490 e. The molecule has 0 amide bonds. The summed E-state index contributed by atoms with van der Waals surface area (Å²) in [5.41, 5.74) is 7.71. The van der Waals surface area contributed by atoms with Crippen molar-refractivity contribution in [3.05, 3.63) is 89.0 Å². The van der Waals surface area contributed by atoms with Gasteiger partial charge in [0.1, 0.15) is 11.8 Å². The Hall–Kier alpha value is -3.69. The van der Waals surface area contributed by atoms with Gasteiger partial charge in [-0.1, -0.05) is 24.8 Å². The fraction of sp³-hybridized carbons (Fsp3) is 0.296. The molecule has 2 N–H and O–H groups in total. The second-order valence-corrected chi connectivity index (χ2v) is 8.56. The number of benzene rings is 2. The summed E-state index contributed by atoms with van der Waals surface area (Å²) in [5.74, 6) is 0.595. The minimum Gasteiger partial charge on any atom is -0.490 e. The first-order chi connectivity index (χ1) is 16.0. The van der Waals surface area contributed by atoms with Crippen molar-refractivity contribution in [1.29, 1.82) is 5.26 Å². The van der Waals surface area contributed by atoms with Crippen LogP contribution >= 0.6 is 0 Å². The van der Waals surface area contributed by atoms with Gasteiger partial charge in [-0.05, 0) is 68.5 Å². The minimum absolute atomic E-state index is 0.00969. The fourth-order valence-corrected chi connectivity index (χ4v) is 4.28. The van der Waals surface area contributed by atoms with Gasteiger partial charge in [-0.2, -0.15) is 5.26 Å². The summed E-state index contributed by atoms with van der Waals surface area (Å²) >= 11 is 0. The zero-order chi connectivity index (χ0) is 23.4. The molecule has 168 valence electrons. The average molecular weight is 440 g/mol. The maximum Gasteiger partial charge on any atom is 0.137 e. The maximum atomic E-state index is 9.53. The van der Waals surface area contributed by atoms with Gasteiger partial charge >= 0.3 is 0 Å². The number of nitrogens with one attached hydrogen (secondary N) is 2. The van der Waals surface area contributed by atoms with E-state index in [4.69, 9.17) is 9.73 Å². The number of fused-ring (bicyclic) bond motifs is 1. The standard InChI is InChI=1S/C27H29N5O/c1-17(2)33-27-11-8-20(12-21(27)13-28)18(3)32-19(4)23-6-5-7-25-24(23)9-10-26(25)30-15-22-14-29-16-31-22/h5-8,11-12,14,16-17,26,30H,4,9-10,15H2,1-3H3,(H,29,31). The molecule has 1 heterocycles. The molecule has 3 aromatic rings. The van der Waals surface area contributed by atoms with Gasteiger partial charge in [0.25, 0.3) is 0 Å². The molecule has 33 heavy (non-hydrogen) atoms. The molecule has 6 nitrogen and oxygen atoms in total. The number of hydrogen-bond acceptors (Lipinski definition) is 5. The van der Waals surface area contributed by atoms with E-state index < -0.39 is 0 Å². The molecule has 1 atom stereocenters. The first kappa shape index (κ1) is 22.5. The molecule has 0 radical (unpaired) electrons. The Morgan fingerprint density at radius 2 is 2.21 bits per heavy atom. The Labute approximate surface area is 195 Å². The summed E-state index contributed by atoms with van der Waals surface area (Å²) in [6, 6.07) is 14.5. The smallest absolute Gasteiger partial charge is 0.137 e. The zero-order valence-electron chi connectivity index (χ0n) is 19.4. The number of aliphatic imine (C=N–C) groups is 1. The van der Waals surface area contributed by atoms with Crippen molar-refractivity contribution in [2.45, 2.75) is 52.3 Å². The van der Waals surface area contributed by atoms with E-state index in [0.29, 0.717) is 17.4 Å². The predicted octanol–water partition coefficient (Wildman–Crippen LogP) is 5.33. The van der Waals surface area contributed by atoms with Crippen LogP contribution in [0.3, 0.4) is 0 Å². The highest BCUT2D eigenvalue weighted by atomic mass is 16.5. The lowest BCUT2D eigenvalue weighted by atomic mass is 10.00. The van der Waals surface area contributed by atoms with Crippen LogP contribution in [0.4, 0.5) is 0 Å². The minimum atomic E-state index is 0.00969. The molecule has 1 aliphatic rings. The zero-order valence-corrected chi connectivity index (χ0v) is 19.4. The molecular weight excluding hydrogens is 410 g/mol. The molecule has 1 aliphatic carbocycles. The fourth-order valence-electron chi connectivity index (χ4n) is 4.28. The van der Waals surface area contributed by atoms with Crippen molar-refractivity contribution in [3.63, 3.8) is 0 Å². The number of aromatic amines is 1. The Kier molecular flexibility index (Phi) is 6.71. The van der Waals surface area contributed by atoms with Crippen molar-refractivity contribution < 1.29 is 4.74 Å². The van der Waals surface area contributed by atoms with Gasteiger partial charge < -0.3 is 15.0 Å². The van der Waals surface area contributed by atoms with E-state index in [9.17, 15) is 5.26 Å². The number of nitrogens with zero attached hydrogens (tertiary/aromatic N) is 3. The van der Waals surface area contributed by atoms with Crippen LogP contribution in [-0.2, 0) is 13.0 Å². The van der Waals surface area contributed by atoms with Gasteiger partial charge in [-0.25, -0.2) is 4.98 Å². The van der Waals surface area contributed by atoms with Gasteiger partial charge in [-0.3, -0.25) is 4.99 Å². The highest BCUT2D eigenvalue weighted by Crippen LogP contribution is 2.36. The SMILES string of the molecule is C=C(N=C(C)c1ccc(OC(C)C)c(C#N)c1)c1cccc2c1CCC2NCc1cnc[nH]1. The summed E-state index contributed by atoms with van der Waals surface area (Å²) in [6.07, 6.45) is 5.58. The van der Waals surface area contributed by atoms with Crippen molar-refractivity contribution in [3.8, 4) is 11.8 Å². The van der Waals surface area contributed by atoms with Crippen LogP contribution in [0.25, 0.3) is 5.70 Å². The molecule has 1 aromatic heterocycles. The third-order valence-electron chi connectivity index (χ3n) is 5.86. The second-order valence-electron chi connectivity index (χ2n) is 8.56. The predicted molar refractivity (Wildman–Crippen MR) is 131 cm³/mol. The van der Waals surface area contributed by atoms with E-state index in [2.05, 4.69) is 46.1 Å². The lowest BCUT2D eigenvalue weighted by molar-refractivity contribution is 0.241. The van der Waals surface area contributed by atoms with E-state index in [1.165, 1.54) is 11.1 Å². The van der Waals surface area contributed by atoms with E-state index >= 15 is 0 Å². The van der Waals surface area contributed by atoms with Gasteiger partial charge in [-0.15, -0.1) is 0 Å². The van der Waals surface area contributed by atoms with Gasteiger partial charge in [0.15, 0.2) is 0 Å². The highest BCUT2D eigenvalue weighted by Gasteiger charge is 2.25. The Morgan fingerprint density at radius 3 is 2.94 bits per heavy atom.